The number of hydrogen-bond acceptors (Lipinski definition) is 5. The fraction of sp³-hybridized carbons (Fsp3) is 0.440. The standard InChI is InChI=1S/C25H27Cl3N2O6/c1-24(2)15(9-10-25(24,3)23(34)35)21(31)30-18(22(32)33)11-13-7-8-19(20(28)29-13)36-12-14-16(26)5-4-6-17(14)27/h4-8,15,18H,9-12H2,1-3H3,(H,30,31)(H,32,33)(H,34,35). The molecule has 3 N–H and O–H groups in total. The van der Waals surface area contributed by atoms with Gasteiger partial charge in [0.05, 0.1) is 5.41 Å². The van der Waals surface area contributed by atoms with Gasteiger partial charge in [-0.2, -0.15) is 0 Å². The van der Waals surface area contributed by atoms with Crippen molar-refractivity contribution in [3.05, 3.63) is 56.8 Å². The highest BCUT2D eigenvalue weighted by molar-refractivity contribution is 6.36. The second-order valence-corrected chi connectivity index (χ2v) is 10.8. The van der Waals surface area contributed by atoms with Crippen LogP contribution in [-0.4, -0.2) is 39.1 Å². The first kappa shape index (κ1) is 28.0. The normalized spacial score (nSPS) is 21.6. The van der Waals surface area contributed by atoms with Crippen LogP contribution in [0.4, 0.5) is 0 Å². The van der Waals surface area contributed by atoms with E-state index in [0.29, 0.717) is 34.1 Å². The molecule has 36 heavy (non-hydrogen) atoms. The topological polar surface area (TPSA) is 126 Å². The molecular formula is C25H27Cl3N2O6. The predicted octanol–water partition coefficient (Wildman–Crippen LogP) is 5.26. The molecule has 1 fully saturated rings. The first-order valence-corrected chi connectivity index (χ1v) is 12.4. The van der Waals surface area contributed by atoms with Crippen molar-refractivity contribution < 1.29 is 29.3 Å². The maximum Gasteiger partial charge on any atom is 0.326 e. The van der Waals surface area contributed by atoms with Crippen LogP contribution in [0.25, 0.3) is 0 Å². The molecule has 3 atom stereocenters. The number of nitrogens with one attached hydrogen (secondary N) is 1. The maximum absolute atomic E-state index is 13.0. The third kappa shape index (κ3) is 5.56. The summed E-state index contributed by atoms with van der Waals surface area (Å²) in [6.07, 6.45) is 0.545. The van der Waals surface area contributed by atoms with E-state index in [1.807, 2.05) is 0 Å². The van der Waals surface area contributed by atoms with Gasteiger partial charge in [-0.3, -0.25) is 9.59 Å². The SMILES string of the molecule is CC1(C(=O)O)CCC(C(=O)NC(Cc2ccc(OCc3c(Cl)cccc3Cl)c(Cl)n2)C(=O)O)C1(C)C. The second kappa shape index (κ2) is 10.8. The number of carbonyl (C=O) groups is 3. The minimum absolute atomic E-state index is 0.0142. The molecule has 1 aromatic carbocycles. The van der Waals surface area contributed by atoms with Crippen molar-refractivity contribution in [3.63, 3.8) is 0 Å². The molecule has 194 valence electrons. The number of nitrogens with zero attached hydrogens (tertiary/aromatic N) is 1. The summed E-state index contributed by atoms with van der Waals surface area (Å²) in [6, 6.07) is 6.91. The number of rotatable bonds is 9. The number of carboxylic acid groups (broad SMARTS) is 2. The zero-order valence-corrected chi connectivity index (χ0v) is 22.2. The van der Waals surface area contributed by atoms with Crippen LogP contribution in [0, 0.1) is 16.7 Å². The van der Waals surface area contributed by atoms with Gasteiger partial charge in [-0.1, -0.05) is 54.7 Å². The van der Waals surface area contributed by atoms with Gasteiger partial charge in [0, 0.05) is 33.6 Å². The Morgan fingerprint density at radius 2 is 1.75 bits per heavy atom. The predicted molar refractivity (Wildman–Crippen MR) is 136 cm³/mol. The van der Waals surface area contributed by atoms with E-state index in [-0.39, 0.29) is 23.9 Å². The van der Waals surface area contributed by atoms with E-state index in [9.17, 15) is 24.6 Å². The van der Waals surface area contributed by atoms with Crippen molar-refractivity contribution in [2.24, 2.45) is 16.7 Å². The molecule has 1 heterocycles. The van der Waals surface area contributed by atoms with Crippen molar-refractivity contribution in [3.8, 4) is 5.75 Å². The van der Waals surface area contributed by atoms with Crippen LogP contribution in [0.15, 0.2) is 30.3 Å². The summed E-state index contributed by atoms with van der Waals surface area (Å²) in [5, 5.41) is 22.9. The maximum atomic E-state index is 13.0. The van der Waals surface area contributed by atoms with E-state index < -0.39 is 40.6 Å². The molecular weight excluding hydrogens is 531 g/mol. The summed E-state index contributed by atoms with van der Waals surface area (Å²) in [7, 11) is 0. The lowest BCUT2D eigenvalue weighted by Crippen LogP contribution is -2.49. The minimum atomic E-state index is -1.28. The van der Waals surface area contributed by atoms with Gasteiger partial charge in [0.2, 0.25) is 5.91 Å². The van der Waals surface area contributed by atoms with Crippen LogP contribution in [0.1, 0.15) is 44.9 Å². The number of hydrogen-bond donors (Lipinski definition) is 3. The van der Waals surface area contributed by atoms with Gasteiger partial charge in [-0.25, -0.2) is 9.78 Å². The molecule has 3 unspecified atom stereocenters. The number of aromatic nitrogens is 1. The van der Waals surface area contributed by atoms with Crippen molar-refractivity contribution in [1.29, 1.82) is 0 Å². The summed E-state index contributed by atoms with van der Waals surface area (Å²) in [5.41, 5.74) is -1.04. The Bertz CT molecular complexity index is 1170. The van der Waals surface area contributed by atoms with Crippen molar-refractivity contribution in [2.75, 3.05) is 0 Å². The number of aliphatic carboxylic acids is 2. The lowest BCUT2D eigenvalue weighted by Gasteiger charge is -2.38. The van der Waals surface area contributed by atoms with Gasteiger partial charge in [0.25, 0.3) is 0 Å². The zero-order valence-electron chi connectivity index (χ0n) is 20.0. The van der Waals surface area contributed by atoms with Crippen molar-refractivity contribution >= 4 is 52.6 Å². The molecule has 8 nitrogen and oxygen atoms in total. The van der Waals surface area contributed by atoms with Crippen LogP contribution in [0.2, 0.25) is 15.2 Å². The van der Waals surface area contributed by atoms with Gasteiger partial charge < -0.3 is 20.3 Å². The van der Waals surface area contributed by atoms with E-state index >= 15 is 0 Å². The molecule has 0 spiro atoms. The first-order valence-electron chi connectivity index (χ1n) is 11.3. The number of carboxylic acids is 2. The Balaban J connectivity index is 1.69. The van der Waals surface area contributed by atoms with Crippen LogP contribution in [-0.2, 0) is 27.4 Å². The smallest absolute Gasteiger partial charge is 0.326 e. The van der Waals surface area contributed by atoms with Crippen LogP contribution in [0.5, 0.6) is 5.75 Å². The van der Waals surface area contributed by atoms with Gasteiger partial charge >= 0.3 is 11.9 Å². The van der Waals surface area contributed by atoms with E-state index in [1.54, 1.807) is 51.1 Å². The zero-order chi connectivity index (χ0) is 26.8. The lowest BCUT2D eigenvalue weighted by molar-refractivity contribution is -0.155. The molecule has 0 radical (unpaired) electrons. The van der Waals surface area contributed by atoms with Crippen LogP contribution in [0.3, 0.4) is 0 Å². The highest BCUT2D eigenvalue weighted by Gasteiger charge is 2.58. The van der Waals surface area contributed by atoms with Crippen molar-refractivity contribution in [2.45, 2.75) is 52.7 Å². The number of carbonyl (C=O) groups excluding carboxylic acids is 1. The van der Waals surface area contributed by atoms with Gasteiger partial charge in [-0.15, -0.1) is 0 Å². The Kier molecular flexibility index (Phi) is 8.43. The highest BCUT2D eigenvalue weighted by atomic mass is 35.5. The number of halogens is 3. The van der Waals surface area contributed by atoms with E-state index in [2.05, 4.69) is 10.3 Å². The largest absolute Gasteiger partial charge is 0.486 e. The average Bonchev–Trinajstić information content (AvgIpc) is 3.04. The van der Waals surface area contributed by atoms with Crippen LogP contribution >= 0.6 is 34.8 Å². The third-order valence-electron chi connectivity index (χ3n) is 7.35. The second-order valence-electron chi connectivity index (χ2n) is 9.63. The molecule has 1 saturated carbocycles. The number of ether oxygens (including phenoxy) is 1. The molecule has 0 bridgehead atoms. The first-order chi connectivity index (χ1) is 16.8. The molecule has 1 aliphatic carbocycles. The average molecular weight is 558 g/mol. The van der Waals surface area contributed by atoms with Crippen LogP contribution < -0.4 is 10.1 Å². The minimum Gasteiger partial charge on any atom is -0.486 e. The number of pyridine rings is 1. The summed E-state index contributed by atoms with van der Waals surface area (Å²) in [6.45, 7) is 5.13. The summed E-state index contributed by atoms with van der Waals surface area (Å²) < 4.78 is 5.69. The lowest BCUT2D eigenvalue weighted by atomic mass is 9.65. The third-order valence-corrected chi connectivity index (χ3v) is 8.33. The molecule has 1 aromatic heterocycles. The Morgan fingerprint density at radius 3 is 2.28 bits per heavy atom. The fourth-order valence-electron chi connectivity index (χ4n) is 4.52. The van der Waals surface area contributed by atoms with E-state index in [1.165, 1.54) is 0 Å². The van der Waals surface area contributed by atoms with E-state index in [0.717, 1.165) is 0 Å². The Hall–Kier alpha value is -2.55. The number of benzene rings is 1. The Morgan fingerprint density at radius 1 is 1.11 bits per heavy atom. The van der Waals surface area contributed by atoms with Gasteiger partial charge in [-0.05, 0) is 49.4 Å². The molecule has 0 aliphatic heterocycles. The molecule has 1 amide bonds. The van der Waals surface area contributed by atoms with Gasteiger partial charge in [0.15, 0.2) is 10.9 Å². The molecule has 1 aliphatic rings. The molecule has 0 saturated heterocycles. The highest BCUT2D eigenvalue weighted by Crippen LogP contribution is 2.56. The summed E-state index contributed by atoms with van der Waals surface area (Å²) in [4.78, 5) is 41.0. The van der Waals surface area contributed by atoms with Crippen molar-refractivity contribution in [1.82, 2.24) is 10.3 Å². The molecule has 2 aromatic rings. The van der Waals surface area contributed by atoms with E-state index in [4.69, 9.17) is 39.5 Å². The quantitative estimate of drug-likeness (QED) is 0.359. The molecule has 11 heteroatoms. The van der Waals surface area contributed by atoms with Gasteiger partial charge in [0.1, 0.15) is 12.6 Å². The Labute approximate surface area is 223 Å². The summed E-state index contributed by atoms with van der Waals surface area (Å²) >= 11 is 18.6. The summed E-state index contributed by atoms with van der Waals surface area (Å²) in [5.74, 6) is -3.11. The fourth-order valence-corrected chi connectivity index (χ4v) is 5.26. The monoisotopic (exact) mass is 556 g/mol. The molecule has 3 rings (SSSR count). The number of amides is 1.